The zero-order valence-corrected chi connectivity index (χ0v) is 13.8. The molecule has 0 bridgehead atoms. The molecule has 2 aromatic carbocycles. The Morgan fingerprint density at radius 2 is 2.04 bits per heavy atom. The quantitative estimate of drug-likeness (QED) is 0.349. The summed E-state index contributed by atoms with van der Waals surface area (Å²) in [5, 5.41) is 20.8. The van der Waals surface area contributed by atoms with Gasteiger partial charge in [-0.1, -0.05) is 41.9 Å². The van der Waals surface area contributed by atoms with E-state index in [4.69, 9.17) is 11.6 Å². The highest BCUT2D eigenvalue weighted by atomic mass is 35.5. The summed E-state index contributed by atoms with van der Waals surface area (Å²) in [7, 11) is 0. The first-order valence-corrected chi connectivity index (χ1v) is 8.39. The molecule has 2 rings (SSSR count). The van der Waals surface area contributed by atoms with Crippen molar-refractivity contribution in [2.75, 3.05) is 12.3 Å². The number of thioether (sulfide) groups is 1. The van der Waals surface area contributed by atoms with E-state index in [1.54, 1.807) is 11.8 Å². The van der Waals surface area contributed by atoms with Gasteiger partial charge in [-0.15, -0.1) is 0 Å². The molecule has 0 aliphatic rings. The van der Waals surface area contributed by atoms with Crippen molar-refractivity contribution in [1.82, 2.24) is 0 Å². The Labute approximate surface area is 143 Å². The van der Waals surface area contributed by atoms with E-state index in [-0.39, 0.29) is 10.6 Å². The number of halogens is 1. The summed E-state index contributed by atoms with van der Waals surface area (Å²) in [6.07, 6.45) is 1.41. The van der Waals surface area contributed by atoms with Crippen LogP contribution >= 0.6 is 23.4 Å². The van der Waals surface area contributed by atoms with E-state index in [1.807, 2.05) is 18.2 Å². The molecule has 0 heterocycles. The second-order valence-electron chi connectivity index (χ2n) is 4.69. The molecular weight excluding hydrogens is 336 g/mol. The van der Waals surface area contributed by atoms with Crippen LogP contribution in [0.2, 0.25) is 5.02 Å². The van der Waals surface area contributed by atoms with Crippen LogP contribution in [-0.4, -0.2) is 28.5 Å². The fourth-order valence-corrected chi connectivity index (χ4v) is 2.92. The van der Waals surface area contributed by atoms with Gasteiger partial charge in [-0.3, -0.25) is 15.1 Å². The molecule has 0 aliphatic heterocycles. The number of aliphatic imine (C=N–C) groups is 1. The van der Waals surface area contributed by atoms with Crippen molar-refractivity contribution in [3.8, 4) is 5.75 Å². The van der Waals surface area contributed by atoms with Crippen molar-refractivity contribution >= 4 is 35.3 Å². The number of hydrogen-bond donors (Lipinski definition) is 1. The summed E-state index contributed by atoms with van der Waals surface area (Å²) < 4.78 is 0. The third kappa shape index (κ3) is 5.26. The van der Waals surface area contributed by atoms with Crippen LogP contribution in [0.3, 0.4) is 0 Å². The molecule has 0 saturated heterocycles. The Kier molecular flexibility index (Phi) is 6.43. The Hall–Kier alpha value is -2.05. The van der Waals surface area contributed by atoms with Gasteiger partial charge in [0.05, 0.1) is 4.92 Å². The molecule has 7 heteroatoms. The minimum absolute atomic E-state index is 0.189. The Bertz CT molecular complexity index is 708. The van der Waals surface area contributed by atoms with Crippen LogP contribution in [-0.2, 0) is 5.75 Å². The number of phenolic OH excluding ortho intramolecular Hbond substituents is 1. The fraction of sp³-hybridized carbons (Fsp3) is 0.188. The van der Waals surface area contributed by atoms with Gasteiger partial charge in [0.2, 0.25) is 5.75 Å². The monoisotopic (exact) mass is 350 g/mol. The number of aromatic hydroxyl groups is 1. The number of nitrogens with zero attached hydrogens (tertiary/aromatic N) is 2. The summed E-state index contributed by atoms with van der Waals surface area (Å²) in [5.41, 5.74) is 1.08. The molecule has 120 valence electrons. The molecule has 0 unspecified atom stereocenters. The zero-order valence-electron chi connectivity index (χ0n) is 12.2. The van der Waals surface area contributed by atoms with Crippen LogP contribution in [0.4, 0.5) is 5.69 Å². The molecule has 5 nitrogen and oxygen atoms in total. The first kappa shape index (κ1) is 17.3. The van der Waals surface area contributed by atoms with Crippen molar-refractivity contribution in [1.29, 1.82) is 0 Å². The lowest BCUT2D eigenvalue weighted by atomic mass is 10.2. The SMILES string of the molecule is O=[N+]([O-])c1cc(Cl)cc(C=NCCSCc2ccccc2)c1O. The van der Waals surface area contributed by atoms with Gasteiger partial charge in [0.1, 0.15) is 0 Å². The van der Waals surface area contributed by atoms with E-state index < -0.39 is 16.4 Å². The predicted molar refractivity (Wildman–Crippen MR) is 94.8 cm³/mol. The summed E-state index contributed by atoms with van der Waals surface area (Å²) in [6, 6.07) is 12.7. The summed E-state index contributed by atoms with van der Waals surface area (Å²) in [6.45, 7) is 0.553. The highest BCUT2D eigenvalue weighted by Crippen LogP contribution is 2.32. The van der Waals surface area contributed by atoms with Gasteiger partial charge in [0, 0.05) is 40.9 Å². The van der Waals surface area contributed by atoms with E-state index in [2.05, 4.69) is 17.1 Å². The average Bonchev–Trinajstić information content (AvgIpc) is 2.54. The fourth-order valence-electron chi connectivity index (χ4n) is 1.89. The maximum Gasteiger partial charge on any atom is 0.312 e. The van der Waals surface area contributed by atoms with E-state index in [0.717, 1.165) is 17.6 Å². The van der Waals surface area contributed by atoms with Crippen LogP contribution in [0.25, 0.3) is 0 Å². The Morgan fingerprint density at radius 3 is 2.74 bits per heavy atom. The van der Waals surface area contributed by atoms with Crippen molar-refractivity contribution in [2.24, 2.45) is 4.99 Å². The number of phenols is 1. The molecule has 0 spiro atoms. The van der Waals surface area contributed by atoms with Crippen LogP contribution in [0.15, 0.2) is 47.5 Å². The maximum absolute atomic E-state index is 10.8. The van der Waals surface area contributed by atoms with Crippen molar-refractivity contribution in [2.45, 2.75) is 5.75 Å². The summed E-state index contributed by atoms with van der Waals surface area (Å²) in [4.78, 5) is 14.3. The van der Waals surface area contributed by atoms with Crippen LogP contribution in [0.1, 0.15) is 11.1 Å². The second-order valence-corrected chi connectivity index (χ2v) is 6.23. The normalized spacial score (nSPS) is 11.0. The average molecular weight is 351 g/mol. The molecule has 0 atom stereocenters. The maximum atomic E-state index is 10.8. The standard InChI is InChI=1S/C16H15ClN2O3S/c17-14-8-13(16(20)15(9-14)19(21)22)10-18-6-7-23-11-12-4-2-1-3-5-12/h1-5,8-10,20H,6-7,11H2. The zero-order chi connectivity index (χ0) is 16.7. The Balaban J connectivity index is 1.87. The first-order chi connectivity index (χ1) is 11.1. The summed E-state index contributed by atoms with van der Waals surface area (Å²) >= 11 is 7.56. The van der Waals surface area contributed by atoms with Crippen LogP contribution in [0, 0.1) is 10.1 Å². The lowest BCUT2D eigenvalue weighted by Gasteiger charge is -2.02. The van der Waals surface area contributed by atoms with Gasteiger partial charge >= 0.3 is 5.69 Å². The molecule has 0 saturated carbocycles. The van der Waals surface area contributed by atoms with Gasteiger partial charge in [-0.25, -0.2) is 0 Å². The molecule has 0 aliphatic carbocycles. The number of nitro benzene ring substituents is 1. The van der Waals surface area contributed by atoms with Gasteiger partial charge in [0.15, 0.2) is 0 Å². The molecule has 1 N–H and O–H groups in total. The van der Waals surface area contributed by atoms with Crippen LogP contribution in [0.5, 0.6) is 5.75 Å². The van der Waals surface area contributed by atoms with Crippen molar-refractivity contribution in [3.05, 3.63) is 68.7 Å². The first-order valence-electron chi connectivity index (χ1n) is 6.86. The molecule has 2 aromatic rings. The highest BCUT2D eigenvalue weighted by molar-refractivity contribution is 7.98. The minimum Gasteiger partial charge on any atom is -0.502 e. The van der Waals surface area contributed by atoms with E-state index in [9.17, 15) is 15.2 Å². The minimum atomic E-state index is -0.672. The van der Waals surface area contributed by atoms with E-state index in [0.29, 0.717) is 6.54 Å². The van der Waals surface area contributed by atoms with Gasteiger partial charge in [-0.2, -0.15) is 11.8 Å². The largest absolute Gasteiger partial charge is 0.502 e. The van der Waals surface area contributed by atoms with E-state index >= 15 is 0 Å². The lowest BCUT2D eigenvalue weighted by molar-refractivity contribution is -0.385. The third-order valence-corrected chi connectivity index (χ3v) is 4.21. The second kappa shape index (κ2) is 8.55. The number of hydrogen-bond acceptors (Lipinski definition) is 5. The molecule has 0 amide bonds. The molecule has 0 fully saturated rings. The number of rotatable bonds is 7. The van der Waals surface area contributed by atoms with Gasteiger partial charge in [-0.05, 0) is 11.6 Å². The Morgan fingerprint density at radius 1 is 1.30 bits per heavy atom. The smallest absolute Gasteiger partial charge is 0.312 e. The van der Waals surface area contributed by atoms with Gasteiger partial charge in [0.25, 0.3) is 0 Å². The summed E-state index contributed by atoms with van der Waals surface area (Å²) in [5.74, 6) is 1.30. The molecule has 0 aromatic heterocycles. The molecular formula is C16H15ClN2O3S. The van der Waals surface area contributed by atoms with Crippen LogP contribution < -0.4 is 0 Å². The lowest BCUT2D eigenvalue weighted by Crippen LogP contribution is -1.94. The number of benzene rings is 2. The highest BCUT2D eigenvalue weighted by Gasteiger charge is 2.17. The molecule has 23 heavy (non-hydrogen) atoms. The molecule has 0 radical (unpaired) electrons. The predicted octanol–water partition coefficient (Wildman–Crippen LogP) is 4.31. The third-order valence-electron chi connectivity index (χ3n) is 2.99. The van der Waals surface area contributed by atoms with Gasteiger partial charge < -0.3 is 5.11 Å². The van der Waals surface area contributed by atoms with E-state index in [1.165, 1.54) is 17.8 Å². The number of nitro groups is 1. The topological polar surface area (TPSA) is 75.7 Å². The van der Waals surface area contributed by atoms with Crippen molar-refractivity contribution < 1.29 is 10.0 Å². The van der Waals surface area contributed by atoms with Crippen molar-refractivity contribution in [3.63, 3.8) is 0 Å².